The number of nitrogens with zero attached hydrogens (tertiary/aromatic N) is 1. The molecule has 0 heterocycles. The van der Waals surface area contributed by atoms with Gasteiger partial charge in [0.15, 0.2) is 0 Å². The van der Waals surface area contributed by atoms with Crippen molar-refractivity contribution < 1.29 is 5.11 Å². The Morgan fingerprint density at radius 2 is 2.38 bits per heavy atom. The molecule has 44 valence electrons. The second-order valence-corrected chi connectivity index (χ2v) is 1.86. The first kappa shape index (κ1) is 5.44. The van der Waals surface area contributed by atoms with Crippen LogP contribution in [-0.2, 0) is 0 Å². The van der Waals surface area contributed by atoms with Gasteiger partial charge in [-0.15, -0.1) is 0 Å². The fraction of sp³-hybridized carbons (Fsp3) is 0.600. The van der Waals surface area contributed by atoms with Gasteiger partial charge in [0.2, 0.25) is 0 Å². The van der Waals surface area contributed by atoms with Crippen molar-refractivity contribution in [2.75, 3.05) is 0 Å². The van der Waals surface area contributed by atoms with Crippen LogP contribution >= 0.6 is 0 Å². The van der Waals surface area contributed by atoms with Gasteiger partial charge < -0.3 is 5.11 Å². The topological polar surface area (TPSA) is 49.7 Å². The zero-order chi connectivity index (χ0) is 5.98. The lowest BCUT2D eigenvalue weighted by molar-refractivity contribution is 0.218. The van der Waals surface area contributed by atoms with Crippen LogP contribution in [0.15, 0.2) is 17.3 Å². The molecule has 3 nitrogen and oxygen atoms in total. The SMILES string of the molecule is O=N[C@@H]1C=C[C@H](O)C1. The quantitative estimate of drug-likeness (QED) is 0.396. The van der Waals surface area contributed by atoms with E-state index >= 15 is 0 Å². The van der Waals surface area contributed by atoms with Crippen LogP contribution in [0.3, 0.4) is 0 Å². The van der Waals surface area contributed by atoms with Crippen molar-refractivity contribution in [1.29, 1.82) is 0 Å². The van der Waals surface area contributed by atoms with Crippen molar-refractivity contribution in [1.82, 2.24) is 0 Å². The van der Waals surface area contributed by atoms with Crippen LogP contribution in [0.5, 0.6) is 0 Å². The van der Waals surface area contributed by atoms with Gasteiger partial charge in [-0.1, -0.05) is 17.3 Å². The lowest BCUT2D eigenvalue weighted by Crippen LogP contribution is -2.02. The van der Waals surface area contributed by atoms with E-state index in [2.05, 4.69) is 5.18 Å². The average Bonchev–Trinajstić information content (AvgIpc) is 2.14. The summed E-state index contributed by atoms with van der Waals surface area (Å²) in [7, 11) is 0. The molecule has 0 radical (unpaired) electrons. The van der Waals surface area contributed by atoms with Gasteiger partial charge in [0, 0.05) is 6.42 Å². The lowest BCUT2D eigenvalue weighted by Gasteiger charge is -1.95. The molecule has 0 saturated carbocycles. The monoisotopic (exact) mass is 113 g/mol. The molecule has 8 heavy (non-hydrogen) atoms. The predicted molar refractivity (Wildman–Crippen MR) is 29.3 cm³/mol. The molecule has 0 saturated heterocycles. The normalized spacial score (nSPS) is 35.6. The molecule has 2 atom stereocenters. The molecule has 1 N–H and O–H groups in total. The summed E-state index contributed by atoms with van der Waals surface area (Å²) < 4.78 is 0. The molecule has 0 aromatic heterocycles. The Morgan fingerprint density at radius 1 is 1.62 bits per heavy atom. The van der Waals surface area contributed by atoms with E-state index in [-0.39, 0.29) is 6.04 Å². The number of nitroso groups, excluding NO2 is 1. The van der Waals surface area contributed by atoms with Crippen molar-refractivity contribution in [3.8, 4) is 0 Å². The molecule has 0 bridgehead atoms. The highest BCUT2D eigenvalue weighted by atomic mass is 16.3. The van der Waals surface area contributed by atoms with E-state index < -0.39 is 6.10 Å². The first-order valence-electron chi connectivity index (χ1n) is 2.52. The Labute approximate surface area is 47.0 Å². The fourth-order valence-electron chi connectivity index (χ4n) is 0.739. The molecule has 1 aliphatic carbocycles. The van der Waals surface area contributed by atoms with Crippen molar-refractivity contribution in [3.63, 3.8) is 0 Å². The lowest BCUT2D eigenvalue weighted by atomic mass is 10.2. The largest absolute Gasteiger partial charge is 0.389 e. The molecule has 0 unspecified atom stereocenters. The fourth-order valence-corrected chi connectivity index (χ4v) is 0.739. The highest BCUT2D eigenvalue weighted by molar-refractivity contribution is 5.06. The second kappa shape index (κ2) is 2.05. The van der Waals surface area contributed by atoms with E-state index in [1.807, 2.05) is 0 Å². The molecule has 3 heteroatoms. The highest BCUT2D eigenvalue weighted by Crippen LogP contribution is 2.12. The average molecular weight is 113 g/mol. The third-order valence-corrected chi connectivity index (χ3v) is 1.17. The Hall–Kier alpha value is -0.700. The molecule has 0 aromatic rings. The maximum absolute atomic E-state index is 9.74. The van der Waals surface area contributed by atoms with E-state index in [0.29, 0.717) is 6.42 Å². The van der Waals surface area contributed by atoms with Crippen molar-refractivity contribution in [2.45, 2.75) is 18.6 Å². The van der Waals surface area contributed by atoms with E-state index in [9.17, 15) is 4.91 Å². The Balaban J connectivity index is 2.45. The molecule has 0 fully saturated rings. The molecule has 0 aliphatic heterocycles. The maximum Gasteiger partial charge on any atom is 0.113 e. The summed E-state index contributed by atoms with van der Waals surface area (Å²) in [6, 6.07) is -0.287. The van der Waals surface area contributed by atoms with Gasteiger partial charge in [-0.25, -0.2) is 0 Å². The van der Waals surface area contributed by atoms with Gasteiger partial charge >= 0.3 is 0 Å². The maximum atomic E-state index is 9.74. The molecule has 1 aliphatic rings. The van der Waals surface area contributed by atoms with Crippen LogP contribution in [-0.4, -0.2) is 17.3 Å². The number of aliphatic hydroxyl groups excluding tert-OH is 1. The van der Waals surface area contributed by atoms with Gasteiger partial charge in [-0.3, -0.25) is 0 Å². The summed E-state index contributed by atoms with van der Waals surface area (Å²) in [5.74, 6) is 0. The molecular formula is C5H7NO2. The smallest absolute Gasteiger partial charge is 0.113 e. The molecule has 0 aromatic carbocycles. The van der Waals surface area contributed by atoms with Crippen LogP contribution in [0, 0.1) is 4.91 Å². The van der Waals surface area contributed by atoms with Crippen LogP contribution in [0.2, 0.25) is 0 Å². The number of aliphatic hydroxyl groups is 1. The summed E-state index contributed by atoms with van der Waals surface area (Å²) in [6.45, 7) is 0. The Bertz CT molecular complexity index is 122. The van der Waals surface area contributed by atoms with Gasteiger partial charge in [0.25, 0.3) is 0 Å². The first-order valence-corrected chi connectivity index (χ1v) is 2.52. The summed E-state index contributed by atoms with van der Waals surface area (Å²) in [5, 5.41) is 11.5. The second-order valence-electron chi connectivity index (χ2n) is 1.86. The minimum Gasteiger partial charge on any atom is -0.389 e. The van der Waals surface area contributed by atoms with Crippen LogP contribution < -0.4 is 0 Å². The van der Waals surface area contributed by atoms with Gasteiger partial charge in [-0.2, -0.15) is 4.91 Å². The van der Waals surface area contributed by atoms with Crippen molar-refractivity contribution in [2.24, 2.45) is 5.18 Å². The number of hydrogen-bond acceptors (Lipinski definition) is 3. The third-order valence-electron chi connectivity index (χ3n) is 1.17. The van der Waals surface area contributed by atoms with E-state index in [1.165, 1.54) is 0 Å². The van der Waals surface area contributed by atoms with Crippen molar-refractivity contribution >= 4 is 0 Å². The molecule has 0 amide bonds. The van der Waals surface area contributed by atoms with E-state index in [4.69, 9.17) is 5.11 Å². The van der Waals surface area contributed by atoms with Crippen LogP contribution in [0.1, 0.15) is 6.42 Å². The molecule has 0 spiro atoms. The van der Waals surface area contributed by atoms with Gasteiger partial charge in [-0.05, 0) is 0 Å². The summed E-state index contributed by atoms with van der Waals surface area (Å²) >= 11 is 0. The predicted octanol–water partition coefficient (Wildman–Crippen LogP) is 0.442. The van der Waals surface area contributed by atoms with Crippen LogP contribution in [0.4, 0.5) is 0 Å². The minimum atomic E-state index is -0.447. The molecular weight excluding hydrogens is 106 g/mol. The third kappa shape index (κ3) is 0.924. The van der Waals surface area contributed by atoms with Crippen LogP contribution in [0.25, 0.3) is 0 Å². The standard InChI is InChI=1S/C5H7NO2/c7-5-2-1-4(3-5)6-8/h1-2,4-5,7H,3H2/t4-,5+/m1/s1. The summed E-state index contributed by atoms with van der Waals surface area (Å²) in [4.78, 5) is 9.74. The Kier molecular flexibility index (Phi) is 1.39. The van der Waals surface area contributed by atoms with Gasteiger partial charge in [0.1, 0.15) is 6.04 Å². The Morgan fingerprint density at radius 3 is 2.62 bits per heavy atom. The first-order chi connectivity index (χ1) is 3.83. The van der Waals surface area contributed by atoms with Crippen molar-refractivity contribution in [3.05, 3.63) is 17.1 Å². The minimum absolute atomic E-state index is 0.287. The van der Waals surface area contributed by atoms with E-state index in [0.717, 1.165) is 0 Å². The zero-order valence-corrected chi connectivity index (χ0v) is 4.32. The van der Waals surface area contributed by atoms with E-state index in [1.54, 1.807) is 12.2 Å². The molecule has 1 rings (SSSR count). The number of rotatable bonds is 1. The number of hydrogen-bond donors (Lipinski definition) is 1. The zero-order valence-electron chi connectivity index (χ0n) is 4.32. The summed E-state index contributed by atoms with van der Waals surface area (Å²) in [5.41, 5.74) is 0. The highest BCUT2D eigenvalue weighted by Gasteiger charge is 2.15. The van der Waals surface area contributed by atoms with Gasteiger partial charge in [0.05, 0.1) is 6.10 Å². The summed E-state index contributed by atoms with van der Waals surface area (Å²) in [6.07, 6.45) is 3.23.